The third kappa shape index (κ3) is 4.13. The molecule has 0 bridgehead atoms. The Morgan fingerprint density at radius 1 is 1.03 bits per heavy atom. The number of para-hydroxylation sites is 1. The van der Waals surface area contributed by atoms with Gasteiger partial charge >= 0.3 is 0 Å². The molecule has 0 spiro atoms. The molecule has 1 unspecified atom stereocenters. The van der Waals surface area contributed by atoms with Crippen molar-refractivity contribution in [1.29, 1.82) is 0 Å². The highest BCUT2D eigenvalue weighted by molar-refractivity contribution is 7.91. The number of amides is 1. The number of hydrogen-bond donors (Lipinski definition) is 0. The Balaban J connectivity index is 1.39. The number of hydrogen-bond acceptors (Lipinski definition) is 5. The Kier molecular flexibility index (Phi) is 6.18. The van der Waals surface area contributed by atoms with Gasteiger partial charge in [-0.25, -0.2) is 8.42 Å². The van der Waals surface area contributed by atoms with Crippen molar-refractivity contribution in [3.8, 4) is 5.75 Å². The van der Waals surface area contributed by atoms with Crippen LogP contribution in [0.4, 0.5) is 0 Å². The summed E-state index contributed by atoms with van der Waals surface area (Å²) in [7, 11) is -3.61. The maximum atomic E-state index is 13.2. The second-order valence-electron chi connectivity index (χ2n) is 8.07. The van der Waals surface area contributed by atoms with E-state index in [2.05, 4.69) is 0 Å². The zero-order valence-corrected chi connectivity index (χ0v) is 19.0. The summed E-state index contributed by atoms with van der Waals surface area (Å²) >= 11 is 1.20. The SMILES string of the molecule is Cc1cccc(C)c1OC1CCN(C(=O)C2CCCN2S(=O)(=O)c2cccs2)CC1. The van der Waals surface area contributed by atoms with Gasteiger partial charge in [-0.05, 0) is 49.3 Å². The topological polar surface area (TPSA) is 66.9 Å². The van der Waals surface area contributed by atoms with Crippen molar-refractivity contribution in [3.63, 3.8) is 0 Å². The number of benzene rings is 1. The van der Waals surface area contributed by atoms with Crippen molar-refractivity contribution in [2.45, 2.75) is 55.9 Å². The first-order valence-electron chi connectivity index (χ1n) is 10.4. The van der Waals surface area contributed by atoms with Gasteiger partial charge in [-0.3, -0.25) is 4.79 Å². The Labute approximate surface area is 182 Å². The quantitative estimate of drug-likeness (QED) is 0.701. The van der Waals surface area contributed by atoms with E-state index < -0.39 is 16.1 Å². The van der Waals surface area contributed by atoms with Crippen LogP contribution < -0.4 is 4.74 Å². The summed E-state index contributed by atoms with van der Waals surface area (Å²) in [5.74, 6) is 0.865. The van der Waals surface area contributed by atoms with E-state index in [0.29, 0.717) is 36.7 Å². The summed E-state index contributed by atoms with van der Waals surface area (Å²) in [5, 5.41) is 1.75. The van der Waals surface area contributed by atoms with E-state index in [1.807, 2.05) is 36.9 Å². The van der Waals surface area contributed by atoms with Crippen molar-refractivity contribution < 1.29 is 17.9 Å². The highest BCUT2D eigenvalue weighted by Crippen LogP contribution is 2.31. The maximum absolute atomic E-state index is 13.2. The van der Waals surface area contributed by atoms with Gasteiger partial charge in [-0.2, -0.15) is 4.31 Å². The van der Waals surface area contributed by atoms with Gasteiger partial charge in [0.2, 0.25) is 5.91 Å². The molecule has 2 fully saturated rings. The molecule has 0 saturated carbocycles. The van der Waals surface area contributed by atoms with Crippen LogP contribution in [0.15, 0.2) is 39.9 Å². The van der Waals surface area contributed by atoms with E-state index >= 15 is 0 Å². The Morgan fingerprint density at radius 3 is 2.37 bits per heavy atom. The van der Waals surface area contributed by atoms with Gasteiger partial charge < -0.3 is 9.64 Å². The minimum atomic E-state index is -3.61. The molecule has 0 radical (unpaired) electrons. The minimum Gasteiger partial charge on any atom is -0.490 e. The van der Waals surface area contributed by atoms with Crippen molar-refractivity contribution in [3.05, 3.63) is 46.8 Å². The highest BCUT2D eigenvalue weighted by Gasteiger charge is 2.42. The molecule has 0 aliphatic carbocycles. The van der Waals surface area contributed by atoms with E-state index in [1.165, 1.54) is 15.6 Å². The number of carbonyl (C=O) groups is 1. The molecule has 4 rings (SSSR count). The lowest BCUT2D eigenvalue weighted by Gasteiger charge is -2.35. The van der Waals surface area contributed by atoms with Crippen LogP contribution in [0.1, 0.15) is 36.8 Å². The van der Waals surface area contributed by atoms with Gasteiger partial charge in [0.25, 0.3) is 10.0 Å². The summed E-state index contributed by atoms with van der Waals surface area (Å²) in [6, 6.07) is 8.86. The summed E-state index contributed by atoms with van der Waals surface area (Å²) in [6.45, 7) is 5.69. The Morgan fingerprint density at radius 2 is 1.73 bits per heavy atom. The number of likely N-dealkylation sites (tertiary alicyclic amines) is 1. The summed E-state index contributed by atoms with van der Waals surface area (Å²) in [4.78, 5) is 15.0. The first-order chi connectivity index (χ1) is 14.4. The molecule has 30 heavy (non-hydrogen) atoms. The first-order valence-corrected chi connectivity index (χ1v) is 12.8. The molecule has 8 heteroatoms. The van der Waals surface area contributed by atoms with Crippen molar-refractivity contribution in [1.82, 2.24) is 9.21 Å². The smallest absolute Gasteiger partial charge is 0.253 e. The molecule has 2 aliphatic heterocycles. The average molecular weight is 449 g/mol. The number of sulfonamides is 1. The molecule has 0 N–H and O–H groups in total. The van der Waals surface area contributed by atoms with Crippen LogP contribution in [-0.2, 0) is 14.8 Å². The van der Waals surface area contributed by atoms with Gasteiger partial charge in [-0.15, -0.1) is 11.3 Å². The molecule has 2 saturated heterocycles. The third-order valence-corrected chi connectivity index (χ3v) is 9.27. The van der Waals surface area contributed by atoms with Gasteiger partial charge in [-0.1, -0.05) is 24.3 Å². The van der Waals surface area contributed by atoms with E-state index in [-0.39, 0.29) is 12.0 Å². The normalized spacial score (nSPS) is 21.1. The lowest BCUT2D eigenvalue weighted by atomic mass is 10.1. The molecule has 1 amide bonds. The molecule has 2 aromatic rings. The number of nitrogens with zero attached hydrogens (tertiary/aromatic N) is 2. The van der Waals surface area contributed by atoms with Crippen LogP contribution in [0.5, 0.6) is 5.75 Å². The van der Waals surface area contributed by atoms with Crippen LogP contribution in [-0.4, -0.2) is 55.3 Å². The molecule has 1 aromatic carbocycles. The average Bonchev–Trinajstić information content (AvgIpc) is 3.43. The third-order valence-electron chi connectivity index (χ3n) is 5.99. The zero-order valence-electron chi connectivity index (χ0n) is 17.4. The molecule has 162 valence electrons. The number of carbonyl (C=O) groups excluding carboxylic acids is 1. The number of aryl methyl sites for hydroxylation is 2. The monoisotopic (exact) mass is 448 g/mol. The van der Waals surface area contributed by atoms with Crippen LogP contribution in [0.2, 0.25) is 0 Å². The number of thiophene rings is 1. The van der Waals surface area contributed by atoms with Crippen LogP contribution in [0.3, 0.4) is 0 Å². The molecular weight excluding hydrogens is 420 g/mol. The lowest BCUT2D eigenvalue weighted by Crippen LogP contribution is -2.50. The Hall–Kier alpha value is -1.90. The first kappa shape index (κ1) is 21.3. The largest absolute Gasteiger partial charge is 0.490 e. The van der Waals surface area contributed by atoms with Gasteiger partial charge in [0.15, 0.2) is 0 Å². The zero-order chi connectivity index (χ0) is 21.3. The van der Waals surface area contributed by atoms with E-state index in [0.717, 1.165) is 29.7 Å². The molecule has 6 nitrogen and oxygen atoms in total. The van der Waals surface area contributed by atoms with E-state index in [4.69, 9.17) is 4.74 Å². The van der Waals surface area contributed by atoms with Gasteiger partial charge in [0, 0.05) is 32.5 Å². The Bertz CT molecular complexity index is 976. The lowest BCUT2D eigenvalue weighted by molar-refractivity contribution is -0.136. The minimum absolute atomic E-state index is 0.0712. The second kappa shape index (κ2) is 8.69. The summed E-state index contributed by atoms with van der Waals surface area (Å²) < 4.78 is 33.9. The molecule has 1 atom stereocenters. The van der Waals surface area contributed by atoms with Crippen LogP contribution in [0.25, 0.3) is 0 Å². The molecular formula is C22H28N2O4S2. The second-order valence-corrected chi connectivity index (χ2v) is 11.1. The van der Waals surface area contributed by atoms with E-state index in [9.17, 15) is 13.2 Å². The fraction of sp³-hybridized carbons (Fsp3) is 0.500. The van der Waals surface area contributed by atoms with Crippen LogP contribution >= 0.6 is 11.3 Å². The fourth-order valence-corrected chi connectivity index (χ4v) is 7.13. The molecule has 3 heterocycles. The summed E-state index contributed by atoms with van der Waals surface area (Å²) in [5.41, 5.74) is 2.24. The standard InChI is InChI=1S/C22H28N2O4S2/c1-16-6-3-7-17(2)21(16)28-18-10-13-23(14-11-18)22(25)19-8-4-12-24(19)30(26,27)20-9-5-15-29-20/h3,5-7,9,15,18-19H,4,8,10-14H2,1-2H3. The van der Waals surface area contributed by atoms with E-state index in [1.54, 1.807) is 17.5 Å². The summed E-state index contributed by atoms with van der Waals surface area (Å²) in [6.07, 6.45) is 2.88. The van der Waals surface area contributed by atoms with Crippen LogP contribution in [0, 0.1) is 13.8 Å². The number of piperidine rings is 1. The maximum Gasteiger partial charge on any atom is 0.253 e. The highest BCUT2D eigenvalue weighted by atomic mass is 32.2. The predicted molar refractivity (Wildman–Crippen MR) is 117 cm³/mol. The number of ether oxygens (including phenoxy) is 1. The van der Waals surface area contributed by atoms with Crippen molar-refractivity contribution in [2.75, 3.05) is 19.6 Å². The predicted octanol–water partition coefficient (Wildman–Crippen LogP) is 3.59. The van der Waals surface area contributed by atoms with Gasteiger partial charge in [0.1, 0.15) is 22.1 Å². The fourth-order valence-electron chi connectivity index (χ4n) is 4.36. The molecule has 1 aromatic heterocycles. The number of rotatable bonds is 5. The molecule has 2 aliphatic rings. The van der Waals surface area contributed by atoms with Gasteiger partial charge in [0.05, 0.1) is 0 Å². The van der Waals surface area contributed by atoms with Crippen molar-refractivity contribution >= 4 is 27.3 Å². The van der Waals surface area contributed by atoms with Crippen molar-refractivity contribution in [2.24, 2.45) is 0 Å².